The van der Waals surface area contributed by atoms with Gasteiger partial charge in [0.1, 0.15) is 17.4 Å². The van der Waals surface area contributed by atoms with E-state index in [1.54, 1.807) is 18.4 Å². The van der Waals surface area contributed by atoms with Gasteiger partial charge in [0.2, 0.25) is 5.88 Å². The number of aryl methyl sites for hydroxylation is 1. The molecule has 0 radical (unpaired) electrons. The Hall–Kier alpha value is -1.49. The molecule has 17 heavy (non-hydrogen) atoms. The number of rotatable bonds is 3. The lowest BCUT2D eigenvalue weighted by molar-refractivity contribution is -0.108. The number of carbonyl (C=O) groups excluding carboxylic acids is 1. The van der Waals surface area contributed by atoms with E-state index in [1.807, 2.05) is 0 Å². The van der Waals surface area contributed by atoms with Gasteiger partial charge in [0, 0.05) is 11.3 Å². The van der Waals surface area contributed by atoms with Crippen LogP contribution < -0.4 is 4.74 Å². The standard InChI is InChI=1S/C12H12N2O2S/c1-16-11-10-9-7(4-5-15)2-3-8(9)17-12(10)14-6-13-11/h5-7H,2-4H2,1H3. The molecule has 0 aliphatic heterocycles. The minimum atomic E-state index is 0.316. The van der Waals surface area contributed by atoms with E-state index in [0.717, 1.165) is 29.3 Å². The van der Waals surface area contributed by atoms with Gasteiger partial charge in [-0.15, -0.1) is 11.3 Å². The van der Waals surface area contributed by atoms with E-state index in [0.29, 0.717) is 18.2 Å². The Morgan fingerprint density at radius 2 is 2.47 bits per heavy atom. The molecule has 0 saturated heterocycles. The van der Waals surface area contributed by atoms with Gasteiger partial charge in [-0.05, 0) is 24.3 Å². The van der Waals surface area contributed by atoms with Crippen LogP contribution in [0.25, 0.3) is 10.2 Å². The number of fused-ring (bicyclic) bond motifs is 3. The Morgan fingerprint density at radius 1 is 1.59 bits per heavy atom. The molecular formula is C12H12N2O2S. The third kappa shape index (κ3) is 1.53. The van der Waals surface area contributed by atoms with Crippen molar-refractivity contribution in [3.05, 3.63) is 16.8 Å². The summed E-state index contributed by atoms with van der Waals surface area (Å²) >= 11 is 1.70. The van der Waals surface area contributed by atoms with Gasteiger partial charge in [-0.3, -0.25) is 0 Å². The SMILES string of the molecule is COc1ncnc2sc3c(c12)C(CC=O)CC3. The molecule has 0 bridgehead atoms. The lowest BCUT2D eigenvalue weighted by Gasteiger charge is -2.08. The molecule has 0 amide bonds. The number of aromatic nitrogens is 2. The van der Waals surface area contributed by atoms with E-state index in [4.69, 9.17) is 4.74 Å². The molecule has 0 saturated carbocycles. The van der Waals surface area contributed by atoms with Gasteiger partial charge in [0.05, 0.1) is 12.5 Å². The summed E-state index contributed by atoms with van der Waals surface area (Å²) in [5.74, 6) is 0.946. The van der Waals surface area contributed by atoms with Gasteiger partial charge in [-0.1, -0.05) is 0 Å². The van der Waals surface area contributed by atoms with Crippen molar-refractivity contribution in [1.82, 2.24) is 9.97 Å². The molecule has 0 N–H and O–H groups in total. The first-order valence-corrected chi connectivity index (χ1v) is 6.40. The molecule has 1 atom stereocenters. The van der Waals surface area contributed by atoms with E-state index >= 15 is 0 Å². The van der Waals surface area contributed by atoms with Crippen LogP contribution in [-0.4, -0.2) is 23.4 Å². The van der Waals surface area contributed by atoms with Crippen LogP contribution in [0, 0.1) is 0 Å². The third-order valence-corrected chi connectivity index (χ3v) is 4.44. The van der Waals surface area contributed by atoms with Gasteiger partial charge in [0.15, 0.2) is 0 Å². The Balaban J connectivity index is 2.24. The number of nitrogens with zero attached hydrogens (tertiary/aromatic N) is 2. The Labute approximate surface area is 103 Å². The van der Waals surface area contributed by atoms with Crippen molar-refractivity contribution in [1.29, 1.82) is 0 Å². The Kier molecular flexibility index (Phi) is 2.55. The number of thiophene rings is 1. The van der Waals surface area contributed by atoms with E-state index in [2.05, 4.69) is 9.97 Å². The summed E-state index contributed by atoms with van der Waals surface area (Å²) in [6.07, 6.45) is 5.20. The van der Waals surface area contributed by atoms with Crippen molar-refractivity contribution in [3.8, 4) is 5.88 Å². The average molecular weight is 248 g/mol. The molecule has 0 fully saturated rings. The first-order chi connectivity index (χ1) is 8.35. The van der Waals surface area contributed by atoms with Crippen molar-refractivity contribution in [2.24, 2.45) is 0 Å². The summed E-state index contributed by atoms with van der Waals surface area (Å²) in [4.78, 5) is 21.5. The van der Waals surface area contributed by atoms with Crippen LogP contribution in [0.3, 0.4) is 0 Å². The van der Waals surface area contributed by atoms with E-state index < -0.39 is 0 Å². The minimum absolute atomic E-state index is 0.316. The first kappa shape index (κ1) is 10.7. The van der Waals surface area contributed by atoms with Crippen LogP contribution in [0.2, 0.25) is 0 Å². The fraction of sp³-hybridized carbons (Fsp3) is 0.417. The highest BCUT2D eigenvalue weighted by Gasteiger charge is 2.29. The van der Waals surface area contributed by atoms with Crippen molar-refractivity contribution < 1.29 is 9.53 Å². The van der Waals surface area contributed by atoms with Crippen molar-refractivity contribution >= 4 is 27.8 Å². The first-order valence-electron chi connectivity index (χ1n) is 5.59. The monoisotopic (exact) mass is 248 g/mol. The maximum atomic E-state index is 10.7. The fourth-order valence-electron chi connectivity index (χ4n) is 2.55. The number of hydrogen-bond acceptors (Lipinski definition) is 5. The summed E-state index contributed by atoms with van der Waals surface area (Å²) in [5.41, 5.74) is 1.24. The van der Waals surface area contributed by atoms with Gasteiger partial charge in [0.25, 0.3) is 0 Å². The second-order valence-corrected chi connectivity index (χ2v) is 5.22. The number of hydrogen-bond donors (Lipinski definition) is 0. The highest BCUT2D eigenvalue weighted by molar-refractivity contribution is 7.19. The summed E-state index contributed by atoms with van der Waals surface area (Å²) in [7, 11) is 1.62. The van der Waals surface area contributed by atoms with Gasteiger partial charge in [-0.25, -0.2) is 9.97 Å². The molecule has 0 aromatic carbocycles. The smallest absolute Gasteiger partial charge is 0.225 e. The van der Waals surface area contributed by atoms with Crippen LogP contribution in [0.1, 0.15) is 29.2 Å². The largest absolute Gasteiger partial charge is 0.480 e. The molecular weight excluding hydrogens is 236 g/mol. The predicted octanol–water partition coefficient (Wildman–Crippen LogP) is 2.32. The molecule has 0 spiro atoms. The van der Waals surface area contributed by atoms with Crippen LogP contribution in [0.15, 0.2) is 6.33 Å². The quantitative estimate of drug-likeness (QED) is 0.782. The van der Waals surface area contributed by atoms with Gasteiger partial charge in [-0.2, -0.15) is 0 Å². The van der Waals surface area contributed by atoms with Crippen LogP contribution >= 0.6 is 11.3 Å². The van der Waals surface area contributed by atoms with Crippen molar-refractivity contribution in [2.75, 3.05) is 7.11 Å². The molecule has 1 aliphatic rings. The number of ether oxygens (including phenoxy) is 1. The molecule has 2 aromatic heterocycles. The Bertz CT molecular complexity index is 579. The summed E-state index contributed by atoms with van der Waals surface area (Å²) in [6.45, 7) is 0. The molecule has 1 unspecified atom stereocenters. The van der Waals surface area contributed by atoms with E-state index in [9.17, 15) is 4.79 Å². The maximum Gasteiger partial charge on any atom is 0.225 e. The number of carbonyl (C=O) groups is 1. The normalized spacial score (nSPS) is 18.3. The van der Waals surface area contributed by atoms with Crippen LogP contribution in [0.5, 0.6) is 5.88 Å². The average Bonchev–Trinajstić information content (AvgIpc) is 2.89. The van der Waals surface area contributed by atoms with Crippen molar-refractivity contribution in [3.63, 3.8) is 0 Å². The Morgan fingerprint density at radius 3 is 3.24 bits per heavy atom. The second-order valence-electron chi connectivity index (χ2n) is 4.14. The highest BCUT2D eigenvalue weighted by atomic mass is 32.1. The lowest BCUT2D eigenvalue weighted by Crippen LogP contribution is -1.96. The zero-order valence-corrected chi connectivity index (χ0v) is 10.3. The maximum absolute atomic E-state index is 10.7. The molecule has 5 heteroatoms. The zero-order valence-electron chi connectivity index (χ0n) is 9.47. The summed E-state index contributed by atoms with van der Waals surface area (Å²) < 4.78 is 5.30. The fourth-order valence-corrected chi connectivity index (χ4v) is 3.78. The highest BCUT2D eigenvalue weighted by Crippen LogP contribution is 2.46. The molecule has 4 nitrogen and oxygen atoms in total. The topological polar surface area (TPSA) is 52.1 Å². The summed E-state index contributed by atoms with van der Waals surface area (Å²) in [5, 5.41) is 1.01. The van der Waals surface area contributed by atoms with Crippen molar-refractivity contribution in [2.45, 2.75) is 25.2 Å². The minimum Gasteiger partial charge on any atom is -0.480 e. The predicted molar refractivity (Wildman–Crippen MR) is 65.7 cm³/mol. The third-order valence-electron chi connectivity index (χ3n) is 3.27. The molecule has 2 aromatic rings. The van der Waals surface area contributed by atoms with Crippen LogP contribution in [-0.2, 0) is 11.2 Å². The van der Waals surface area contributed by atoms with Gasteiger partial charge < -0.3 is 9.53 Å². The lowest BCUT2D eigenvalue weighted by atomic mass is 9.98. The molecule has 3 rings (SSSR count). The molecule has 2 heterocycles. The number of methoxy groups -OCH3 is 1. The number of aldehydes is 1. The zero-order chi connectivity index (χ0) is 11.8. The van der Waals surface area contributed by atoms with E-state index in [-0.39, 0.29) is 0 Å². The second kappa shape index (κ2) is 4.07. The van der Waals surface area contributed by atoms with Gasteiger partial charge >= 0.3 is 0 Å². The molecule has 1 aliphatic carbocycles. The summed E-state index contributed by atoms with van der Waals surface area (Å²) in [6, 6.07) is 0. The van der Waals surface area contributed by atoms with E-state index in [1.165, 1.54) is 16.8 Å². The van der Waals surface area contributed by atoms with Crippen LogP contribution in [0.4, 0.5) is 0 Å². The molecule has 88 valence electrons.